The van der Waals surface area contributed by atoms with E-state index in [-0.39, 0.29) is 24.2 Å². The molecule has 0 fully saturated rings. The quantitative estimate of drug-likeness (QED) is 0.542. The van der Waals surface area contributed by atoms with Crippen molar-refractivity contribution in [1.82, 2.24) is 10.2 Å². The van der Waals surface area contributed by atoms with Gasteiger partial charge in [-0.3, -0.25) is 14.4 Å². The van der Waals surface area contributed by atoms with Crippen molar-refractivity contribution in [1.29, 1.82) is 0 Å². The zero-order valence-electron chi connectivity index (χ0n) is 13.8. The Morgan fingerprint density at radius 1 is 1.14 bits per heavy atom. The van der Waals surface area contributed by atoms with Crippen LogP contribution in [0.25, 0.3) is 0 Å². The molecule has 21 heavy (non-hydrogen) atoms. The molecule has 0 saturated heterocycles. The molecule has 0 aromatic heterocycles. The Morgan fingerprint density at radius 3 is 2.29 bits per heavy atom. The predicted octanol–water partition coefficient (Wildman–Crippen LogP) is 1.34. The third-order valence-electron chi connectivity index (χ3n) is 2.92. The van der Waals surface area contributed by atoms with E-state index in [1.54, 1.807) is 14.0 Å². The molecule has 1 N–H and O–H groups in total. The zero-order valence-corrected chi connectivity index (χ0v) is 13.8. The van der Waals surface area contributed by atoms with E-state index in [0.29, 0.717) is 32.5 Å². The van der Waals surface area contributed by atoms with Crippen molar-refractivity contribution < 1.29 is 19.1 Å². The fourth-order valence-electron chi connectivity index (χ4n) is 1.51. The van der Waals surface area contributed by atoms with Gasteiger partial charge in [0.15, 0.2) is 0 Å². The highest BCUT2D eigenvalue weighted by Crippen LogP contribution is 2.12. The topological polar surface area (TPSA) is 75.7 Å². The van der Waals surface area contributed by atoms with Crippen molar-refractivity contribution in [3.8, 4) is 0 Å². The maximum atomic E-state index is 11.8. The molecular formula is C15H28N2O4. The molecule has 0 aromatic carbocycles. The molecule has 122 valence electrons. The van der Waals surface area contributed by atoms with E-state index < -0.39 is 5.41 Å². The molecule has 6 heteroatoms. The standard InChI is InChI=1S/C15H28N2O4/c1-6-21-13(19)9-11-17(5)12(18)8-7-10-16-14(20)15(2,3)4/h6-11H2,1-5H3,(H,16,20). The summed E-state index contributed by atoms with van der Waals surface area (Å²) in [6, 6.07) is 0. The maximum absolute atomic E-state index is 11.8. The van der Waals surface area contributed by atoms with Crippen LogP contribution >= 0.6 is 0 Å². The molecule has 0 aliphatic heterocycles. The minimum atomic E-state index is -0.416. The van der Waals surface area contributed by atoms with Crippen LogP contribution in [0.3, 0.4) is 0 Å². The van der Waals surface area contributed by atoms with Crippen LogP contribution in [0.5, 0.6) is 0 Å². The number of nitrogens with one attached hydrogen (secondary N) is 1. The number of hydrogen-bond acceptors (Lipinski definition) is 4. The molecule has 6 nitrogen and oxygen atoms in total. The normalized spacial score (nSPS) is 10.9. The van der Waals surface area contributed by atoms with Crippen molar-refractivity contribution in [2.45, 2.75) is 47.0 Å². The highest BCUT2D eigenvalue weighted by Gasteiger charge is 2.20. The molecular weight excluding hydrogens is 272 g/mol. The minimum absolute atomic E-state index is 0.0226. The fourth-order valence-corrected chi connectivity index (χ4v) is 1.51. The third-order valence-corrected chi connectivity index (χ3v) is 2.92. The van der Waals surface area contributed by atoms with E-state index in [2.05, 4.69) is 5.32 Å². The summed E-state index contributed by atoms with van der Waals surface area (Å²) in [7, 11) is 1.66. The van der Waals surface area contributed by atoms with Crippen LogP contribution < -0.4 is 5.32 Å². The molecule has 0 spiro atoms. The Labute approximate surface area is 127 Å². The highest BCUT2D eigenvalue weighted by atomic mass is 16.5. The lowest BCUT2D eigenvalue weighted by molar-refractivity contribution is -0.144. The Kier molecular flexibility index (Phi) is 8.66. The summed E-state index contributed by atoms with van der Waals surface area (Å²) in [6.45, 7) is 8.46. The zero-order chi connectivity index (χ0) is 16.5. The van der Waals surface area contributed by atoms with Gasteiger partial charge < -0.3 is 15.0 Å². The van der Waals surface area contributed by atoms with Gasteiger partial charge in [-0.2, -0.15) is 0 Å². The summed E-state index contributed by atoms with van der Waals surface area (Å²) in [6.07, 6.45) is 1.14. The lowest BCUT2D eigenvalue weighted by Crippen LogP contribution is -2.36. The van der Waals surface area contributed by atoms with Crippen molar-refractivity contribution in [2.24, 2.45) is 5.41 Å². The molecule has 0 aliphatic rings. The first-order valence-corrected chi connectivity index (χ1v) is 7.36. The maximum Gasteiger partial charge on any atom is 0.307 e. The van der Waals surface area contributed by atoms with Gasteiger partial charge in [0.1, 0.15) is 0 Å². The molecule has 0 heterocycles. The Hall–Kier alpha value is -1.59. The van der Waals surface area contributed by atoms with Crippen LogP contribution in [-0.2, 0) is 19.1 Å². The summed E-state index contributed by atoms with van der Waals surface area (Å²) in [5, 5.41) is 2.80. The van der Waals surface area contributed by atoms with Crippen LogP contribution in [-0.4, -0.2) is 49.4 Å². The summed E-state index contributed by atoms with van der Waals surface area (Å²) in [5.74, 6) is -0.357. The Balaban J connectivity index is 3.84. The van der Waals surface area contributed by atoms with E-state index in [0.717, 1.165) is 0 Å². The molecule has 0 aromatic rings. The lowest BCUT2D eigenvalue weighted by Gasteiger charge is -2.18. The number of nitrogens with zero attached hydrogens (tertiary/aromatic N) is 1. The number of carbonyl (C=O) groups excluding carboxylic acids is 3. The van der Waals surface area contributed by atoms with E-state index in [4.69, 9.17) is 4.74 Å². The van der Waals surface area contributed by atoms with E-state index >= 15 is 0 Å². The van der Waals surface area contributed by atoms with Gasteiger partial charge >= 0.3 is 5.97 Å². The number of hydrogen-bond donors (Lipinski definition) is 1. The van der Waals surface area contributed by atoms with Crippen molar-refractivity contribution in [3.05, 3.63) is 0 Å². The van der Waals surface area contributed by atoms with Gasteiger partial charge in [0.05, 0.1) is 13.0 Å². The average molecular weight is 300 g/mol. The number of rotatable bonds is 8. The van der Waals surface area contributed by atoms with Crippen molar-refractivity contribution in [3.63, 3.8) is 0 Å². The van der Waals surface area contributed by atoms with Gasteiger partial charge in [0, 0.05) is 32.0 Å². The SMILES string of the molecule is CCOC(=O)CCN(C)C(=O)CCCNC(=O)C(C)(C)C. The fraction of sp³-hybridized carbons (Fsp3) is 0.800. The third kappa shape index (κ3) is 9.05. The largest absolute Gasteiger partial charge is 0.466 e. The number of esters is 1. The van der Waals surface area contributed by atoms with Crippen molar-refractivity contribution >= 4 is 17.8 Å². The second-order valence-electron chi connectivity index (χ2n) is 5.98. The number of amides is 2. The van der Waals surface area contributed by atoms with E-state index in [9.17, 15) is 14.4 Å². The first-order chi connectivity index (χ1) is 9.68. The van der Waals surface area contributed by atoms with Crippen LogP contribution in [0.1, 0.15) is 47.0 Å². The van der Waals surface area contributed by atoms with Crippen LogP contribution in [0.2, 0.25) is 0 Å². The number of ether oxygens (including phenoxy) is 1. The summed E-state index contributed by atoms with van der Waals surface area (Å²) >= 11 is 0. The molecule has 0 unspecified atom stereocenters. The monoisotopic (exact) mass is 300 g/mol. The first kappa shape index (κ1) is 19.4. The lowest BCUT2D eigenvalue weighted by atomic mass is 9.96. The first-order valence-electron chi connectivity index (χ1n) is 7.36. The molecule has 2 amide bonds. The average Bonchev–Trinajstić information content (AvgIpc) is 2.39. The highest BCUT2D eigenvalue weighted by molar-refractivity contribution is 5.81. The van der Waals surface area contributed by atoms with E-state index in [1.165, 1.54) is 4.90 Å². The van der Waals surface area contributed by atoms with Gasteiger partial charge in [-0.25, -0.2) is 0 Å². The Morgan fingerprint density at radius 2 is 1.76 bits per heavy atom. The molecule has 0 atom stereocenters. The van der Waals surface area contributed by atoms with Crippen molar-refractivity contribution in [2.75, 3.05) is 26.7 Å². The molecule has 0 bridgehead atoms. The predicted molar refractivity (Wildman–Crippen MR) is 80.6 cm³/mol. The minimum Gasteiger partial charge on any atom is -0.466 e. The van der Waals surface area contributed by atoms with Gasteiger partial charge in [-0.05, 0) is 13.3 Å². The molecule has 0 radical (unpaired) electrons. The Bertz CT molecular complexity index is 361. The summed E-state index contributed by atoms with van der Waals surface area (Å²) in [4.78, 5) is 36.1. The van der Waals surface area contributed by atoms with Gasteiger partial charge in [-0.15, -0.1) is 0 Å². The van der Waals surface area contributed by atoms with Gasteiger partial charge in [-0.1, -0.05) is 20.8 Å². The smallest absolute Gasteiger partial charge is 0.307 e. The second kappa shape index (κ2) is 9.37. The molecule has 0 saturated carbocycles. The van der Waals surface area contributed by atoms with Crippen LogP contribution in [0.4, 0.5) is 0 Å². The summed E-state index contributed by atoms with van der Waals surface area (Å²) in [5.41, 5.74) is -0.416. The molecule has 0 aliphatic carbocycles. The van der Waals surface area contributed by atoms with Crippen LogP contribution in [0.15, 0.2) is 0 Å². The summed E-state index contributed by atoms with van der Waals surface area (Å²) < 4.78 is 4.80. The van der Waals surface area contributed by atoms with Gasteiger partial charge in [0.25, 0.3) is 0 Å². The van der Waals surface area contributed by atoms with E-state index in [1.807, 2.05) is 20.8 Å². The van der Waals surface area contributed by atoms with Crippen LogP contribution in [0, 0.1) is 5.41 Å². The second-order valence-corrected chi connectivity index (χ2v) is 5.98. The number of carbonyl (C=O) groups is 3. The van der Waals surface area contributed by atoms with Gasteiger partial charge in [0.2, 0.25) is 11.8 Å². The molecule has 0 rings (SSSR count).